The highest BCUT2D eigenvalue weighted by Crippen LogP contribution is 2.26. The molecule has 0 saturated heterocycles. The van der Waals surface area contributed by atoms with Crippen LogP contribution in [0, 0.1) is 0 Å². The summed E-state index contributed by atoms with van der Waals surface area (Å²) in [4.78, 5) is 4.25. The van der Waals surface area contributed by atoms with Crippen molar-refractivity contribution in [2.24, 2.45) is 0 Å². The highest BCUT2D eigenvalue weighted by atomic mass is 16.5. The van der Waals surface area contributed by atoms with E-state index < -0.39 is 0 Å². The van der Waals surface area contributed by atoms with Crippen LogP contribution in [0.3, 0.4) is 0 Å². The highest BCUT2D eigenvalue weighted by molar-refractivity contribution is 5.96. The van der Waals surface area contributed by atoms with Crippen molar-refractivity contribution in [1.82, 2.24) is 4.98 Å². The summed E-state index contributed by atoms with van der Waals surface area (Å²) in [5, 5.41) is 4.20. The van der Waals surface area contributed by atoms with Crippen LogP contribution in [0.1, 0.15) is 0 Å². The van der Waals surface area contributed by atoms with E-state index in [2.05, 4.69) is 10.3 Å². The van der Waals surface area contributed by atoms with Crippen LogP contribution in [0.4, 0.5) is 11.4 Å². The molecule has 4 nitrogen and oxygen atoms in total. The van der Waals surface area contributed by atoms with Gasteiger partial charge in [0.15, 0.2) is 0 Å². The lowest BCUT2D eigenvalue weighted by Gasteiger charge is -2.10. The lowest BCUT2D eigenvalue weighted by atomic mass is 10.1. The fraction of sp³-hybridized carbons (Fsp3) is 0.250. The predicted octanol–water partition coefficient (Wildman–Crippen LogP) is 1.88. The summed E-state index contributed by atoms with van der Waals surface area (Å²) in [5.41, 5.74) is 8.64. The van der Waals surface area contributed by atoms with Crippen LogP contribution in [0.2, 0.25) is 0 Å². The molecule has 0 amide bonds. The summed E-state index contributed by atoms with van der Waals surface area (Å²) in [6.45, 7) is 1.40. The van der Waals surface area contributed by atoms with E-state index in [1.807, 2.05) is 24.3 Å². The van der Waals surface area contributed by atoms with E-state index in [1.165, 1.54) is 0 Å². The van der Waals surface area contributed by atoms with E-state index in [1.54, 1.807) is 13.3 Å². The third-order valence-corrected chi connectivity index (χ3v) is 2.45. The van der Waals surface area contributed by atoms with Gasteiger partial charge in [0.2, 0.25) is 0 Å². The molecule has 16 heavy (non-hydrogen) atoms. The topological polar surface area (TPSA) is 60.2 Å². The molecule has 3 N–H and O–H groups in total. The molecule has 84 valence electrons. The first-order chi connectivity index (χ1) is 7.83. The van der Waals surface area contributed by atoms with Gasteiger partial charge < -0.3 is 15.8 Å². The minimum Gasteiger partial charge on any atom is -0.397 e. The second-order valence-corrected chi connectivity index (χ2v) is 3.52. The number of hydrogen-bond acceptors (Lipinski definition) is 4. The van der Waals surface area contributed by atoms with Gasteiger partial charge in [-0.05, 0) is 24.3 Å². The number of aromatic nitrogens is 1. The second kappa shape index (κ2) is 4.81. The van der Waals surface area contributed by atoms with Gasteiger partial charge in [-0.1, -0.05) is 0 Å². The van der Waals surface area contributed by atoms with Crippen LogP contribution >= 0.6 is 0 Å². The minimum atomic E-state index is 0.657. The fourth-order valence-electron chi connectivity index (χ4n) is 1.62. The standard InChI is InChI=1S/C12H15N3O/c1-16-8-7-15-11-5-4-10-9(12(11)13)3-2-6-14-10/h2-6,15H,7-8,13H2,1H3. The Morgan fingerprint density at radius 3 is 3.06 bits per heavy atom. The van der Waals surface area contributed by atoms with E-state index in [0.717, 1.165) is 28.8 Å². The van der Waals surface area contributed by atoms with Gasteiger partial charge in [-0.25, -0.2) is 0 Å². The normalized spacial score (nSPS) is 10.6. The maximum atomic E-state index is 6.06. The zero-order valence-electron chi connectivity index (χ0n) is 9.23. The van der Waals surface area contributed by atoms with Gasteiger partial charge in [0.1, 0.15) is 0 Å². The summed E-state index contributed by atoms with van der Waals surface area (Å²) in [6.07, 6.45) is 1.76. The Kier molecular flexibility index (Phi) is 3.22. The fourth-order valence-corrected chi connectivity index (χ4v) is 1.62. The van der Waals surface area contributed by atoms with E-state index in [-0.39, 0.29) is 0 Å². The number of hydrogen-bond donors (Lipinski definition) is 2. The number of nitrogens with two attached hydrogens (primary N) is 1. The van der Waals surface area contributed by atoms with Crippen molar-refractivity contribution in [3.8, 4) is 0 Å². The molecule has 2 aromatic rings. The van der Waals surface area contributed by atoms with Crippen LogP contribution in [-0.4, -0.2) is 25.2 Å². The van der Waals surface area contributed by atoms with Gasteiger partial charge in [-0.2, -0.15) is 0 Å². The highest BCUT2D eigenvalue weighted by Gasteiger charge is 2.03. The van der Waals surface area contributed by atoms with Crippen molar-refractivity contribution in [2.45, 2.75) is 0 Å². The average molecular weight is 217 g/mol. The first kappa shape index (κ1) is 10.7. The van der Waals surface area contributed by atoms with E-state index in [0.29, 0.717) is 6.61 Å². The number of benzene rings is 1. The molecule has 0 aliphatic carbocycles. The first-order valence-corrected chi connectivity index (χ1v) is 5.19. The SMILES string of the molecule is COCCNc1ccc2ncccc2c1N. The van der Waals surface area contributed by atoms with E-state index >= 15 is 0 Å². The van der Waals surface area contributed by atoms with Crippen molar-refractivity contribution < 1.29 is 4.74 Å². The molecule has 0 spiro atoms. The Morgan fingerprint density at radius 1 is 1.38 bits per heavy atom. The van der Waals surface area contributed by atoms with Crippen molar-refractivity contribution in [3.63, 3.8) is 0 Å². The maximum Gasteiger partial charge on any atom is 0.0724 e. The molecule has 0 bridgehead atoms. The van der Waals surface area contributed by atoms with Gasteiger partial charge in [0.25, 0.3) is 0 Å². The number of ether oxygens (including phenoxy) is 1. The maximum absolute atomic E-state index is 6.06. The van der Waals surface area contributed by atoms with Crippen LogP contribution in [-0.2, 0) is 4.74 Å². The summed E-state index contributed by atoms with van der Waals surface area (Å²) < 4.78 is 4.98. The van der Waals surface area contributed by atoms with Crippen LogP contribution in [0.15, 0.2) is 30.5 Å². The van der Waals surface area contributed by atoms with Gasteiger partial charge in [0, 0.05) is 25.2 Å². The Labute approximate surface area is 94.4 Å². The summed E-state index contributed by atoms with van der Waals surface area (Å²) in [7, 11) is 1.68. The molecule has 1 aromatic carbocycles. The molecule has 1 aromatic heterocycles. The third kappa shape index (κ3) is 2.06. The van der Waals surface area contributed by atoms with E-state index in [9.17, 15) is 0 Å². The molecule has 0 fully saturated rings. The smallest absolute Gasteiger partial charge is 0.0724 e. The molecule has 0 aliphatic rings. The first-order valence-electron chi connectivity index (χ1n) is 5.19. The number of nitrogens with one attached hydrogen (secondary N) is 1. The monoisotopic (exact) mass is 217 g/mol. The Morgan fingerprint density at radius 2 is 2.25 bits per heavy atom. The van der Waals surface area contributed by atoms with Crippen molar-refractivity contribution in [2.75, 3.05) is 31.3 Å². The molecular weight excluding hydrogens is 202 g/mol. The van der Waals surface area contributed by atoms with Gasteiger partial charge in [-0.3, -0.25) is 4.98 Å². The molecule has 0 unspecified atom stereocenters. The summed E-state index contributed by atoms with van der Waals surface area (Å²) in [5.74, 6) is 0. The zero-order valence-corrected chi connectivity index (χ0v) is 9.23. The number of methoxy groups -OCH3 is 1. The molecule has 2 rings (SSSR count). The van der Waals surface area contributed by atoms with Crippen LogP contribution < -0.4 is 11.1 Å². The van der Waals surface area contributed by atoms with Gasteiger partial charge in [-0.15, -0.1) is 0 Å². The van der Waals surface area contributed by atoms with Crippen molar-refractivity contribution in [1.29, 1.82) is 0 Å². The Hall–Kier alpha value is -1.81. The molecule has 4 heteroatoms. The Balaban J connectivity index is 2.29. The van der Waals surface area contributed by atoms with E-state index in [4.69, 9.17) is 10.5 Å². The number of nitrogen functional groups attached to an aromatic ring is 1. The van der Waals surface area contributed by atoms with Crippen LogP contribution in [0.25, 0.3) is 10.9 Å². The Bertz CT molecular complexity index is 485. The number of rotatable bonds is 4. The van der Waals surface area contributed by atoms with Crippen molar-refractivity contribution in [3.05, 3.63) is 30.5 Å². The molecule has 0 aliphatic heterocycles. The lowest BCUT2D eigenvalue weighted by molar-refractivity contribution is 0.211. The largest absolute Gasteiger partial charge is 0.397 e. The third-order valence-electron chi connectivity index (χ3n) is 2.45. The molecule has 0 radical (unpaired) electrons. The quantitative estimate of drug-likeness (QED) is 0.606. The molecule has 1 heterocycles. The van der Waals surface area contributed by atoms with Gasteiger partial charge >= 0.3 is 0 Å². The number of fused-ring (bicyclic) bond motifs is 1. The van der Waals surface area contributed by atoms with Crippen LogP contribution in [0.5, 0.6) is 0 Å². The van der Waals surface area contributed by atoms with Crippen molar-refractivity contribution >= 4 is 22.3 Å². The minimum absolute atomic E-state index is 0.657. The average Bonchev–Trinajstić information content (AvgIpc) is 2.33. The molecular formula is C12H15N3O. The summed E-state index contributed by atoms with van der Waals surface area (Å²) >= 11 is 0. The summed E-state index contributed by atoms with van der Waals surface area (Å²) in [6, 6.07) is 7.76. The lowest BCUT2D eigenvalue weighted by Crippen LogP contribution is -2.09. The predicted molar refractivity (Wildman–Crippen MR) is 66.5 cm³/mol. The number of anilines is 2. The zero-order chi connectivity index (χ0) is 11.4. The van der Waals surface area contributed by atoms with Gasteiger partial charge in [0.05, 0.1) is 23.5 Å². The molecule has 0 saturated carbocycles. The molecule has 0 atom stereocenters. The number of nitrogens with zero attached hydrogens (tertiary/aromatic N) is 1. The number of pyridine rings is 1. The second-order valence-electron chi connectivity index (χ2n) is 3.52.